The van der Waals surface area contributed by atoms with E-state index in [-0.39, 0.29) is 30.4 Å². The fourth-order valence-corrected chi connectivity index (χ4v) is 7.56. The van der Waals surface area contributed by atoms with Gasteiger partial charge in [-0.25, -0.2) is 13.2 Å². The number of fused-ring (bicyclic) bond motifs is 1. The number of nitrogens with zero attached hydrogens (tertiary/aromatic N) is 1. The maximum Gasteiger partial charge on any atom is 0.337 e. The maximum absolute atomic E-state index is 14.2. The third kappa shape index (κ3) is 4.94. The van der Waals surface area contributed by atoms with Crippen molar-refractivity contribution >= 4 is 44.6 Å². The summed E-state index contributed by atoms with van der Waals surface area (Å²) in [7, 11) is -0.0343. The van der Waals surface area contributed by atoms with Gasteiger partial charge in [0.2, 0.25) is 9.84 Å². The second kappa shape index (κ2) is 11.1. The molecule has 2 N–H and O–H groups in total. The van der Waals surface area contributed by atoms with Gasteiger partial charge < -0.3 is 19.9 Å². The number of thiazole rings is 1. The van der Waals surface area contributed by atoms with Crippen LogP contribution in [0.4, 0.5) is 0 Å². The number of ether oxygens (including phenoxy) is 3. The zero-order valence-electron chi connectivity index (χ0n) is 22.4. The second-order valence-electron chi connectivity index (χ2n) is 9.01. The zero-order chi connectivity index (χ0) is 29.3. The standard InChI is InChI=1S/C30H26N2O7S2/c1-37-20-13-9-18(10-14-20)17-23-28(33)32-27(31)26(41(35,36)22-7-5-4-6-8-22)24(19-11-15-21(38-2)16-12-19)25(29(32)40-23)30(34)39-3/h4-17,24H,31H2,1-3H3. The average molecular weight is 591 g/mol. The predicted octanol–water partition coefficient (Wildman–Crippen LogP) is 2.44. The van der Waals surface area contributed by atoms with Crippen molar-refractivity contribution in [1.82, 2.24) is 4.57 Å². The number of hydrogen-bond acceptors (Lipinski definition) is 9. The largest absolute Gasteiger partial charge is 0.497 e. The number of nitrogens with two attached hydrogens (primary N) is 1. The molecule has 0 aliphatic carbocycles. The first-order chi connectivity index (χ1) is 19.7. The van der Waals surface area contributed by atoms with Crippen molar-refractivity contribution in [2.45, 2.75) is 10.8 Å². The Morgan fingerprint density at radius 3 is 2.05 bits per heavy atom. The molecule has 1 aromatic heterocycles. The highest BCUT2D eigenvalue weighted by atomic mass is 32.2. The Bertz CT molecular complexity index is 1940. The minimum absolute atomic E-state index is 0.0159. The third-order valence-electron chi connectivity index (χ3n) is 6.71. The van der Waals surface area contributed by atoms with Gasteiger partial charge in [0.1, 0.15) is 26.9 Å². The van der Waals surface area contributed by atoms with Gasteiger partial charge in [-0.05, 0) is 53.6 Å². The average Bonchev–Trinajstić information content (AvgIpc) is 3.32. The SMILES string of the molecule is COC(=O)C1=c2sc(=Cc3ccc(OC)cc3)c(=O)n2C(N)=C(S(=O)(=O)c2ccccc2)C1c1ccc(OC)cc1. The van der Waals surface area contributed by atoms with Crippen LogP contribution in [0.5, 0.6) is 11.5 Å². The fraction of sp³-hybridized carbons (Fsp3) is 0.133. The first-order valence-corrected chi connectivity index (χ1v) is 14.7. The molecule has 1 atom stereocenters. The number of rotatable bonds is 7. The summed E-state index contributed by atoms with van der Waals surface area (Å²) in [6.45, 7) is 0. The summed E-state index contributed by atoms with van der Waals surface area (Å²) in [5.74, 6) is -1.04. The summed E-state index contributed by atoms with van der Waals surface area (Å²) in [5.41, 5.74) is 7.18. The predicted molar refractivity (Wildman–Crippen MR) is 157 cm³/mol. The van der Waals surface area contributed by atoms with Crippen molar-refractivity contribution in [1.29, 1.82) is 0 Å². The molecule has 3 aromatic carbocycles. The van der Waals surface area contributed by atoms with Crippen molar-refractivity contribution in [3.8, 4) is 11.5 Å². The molecular weight excluding hydrogens is 564 g/mol. The van der Waals surface area contributed by atoms with Gasteiger partial charge in [-0.15, -0.1) is 11.3 Å². The van der Waals surface area contributed by atoms with E-state index in [1.165, 1.54) is 26.4 Å². The van der Waals surface area contributed by atoms with Crippen LogP contribution < -0.4 is 30.0 Å². The Balaban J connectivity index is 1.88. The molecule has 0 amide bonds. The number of carbonyl (C=O) groups excluding carboxylic acids is 1. The molecule has 5 rings (SSSR count). The van der Waals surface area contributed by atoms with Crippen molar-refractivity contribution in [3.05, 3.63) is 114 Å². The molecule has 1 aliphatic rings. The van der Waals surface area contributed by atoms with E-state index in [4.69, 9.17) is 19.9 Å². The highest BCUT2D eigenvalue weighted by Crippen LogP contribution is 2.42. The Hall–Kier alpha value is -4.61. The highest BCUT2D eigenvalue weighted by molar-refractivity contribution is 7.95. The smallest absolute Gasteiger partial charge is 0.337 e. The minimum atomic E-state index is -4.30. The van der Waals surface area contributed by atoms with Crippen molar-refractivity contribution in [2.24, 2.45) is 5.73 Å². The number of benzene rings is 3. The Morgan fingerprint density at radius 2 is 1.49 bits per heavy atom. The Kier molecular flexibility index (Phi) is 7.57. The first kappa shape index (κ1) is 27.9. The lowest BCUT2D eigenvalue weighted by molar-refractivity contribution is -0.134. The van der Waals surface area contributed by atoms with Crippen molar-refractivity contribution in [3.63, 3.8) is 0 Å². The normalized spacial score (nSPS) is 15.4. The number of esters is 1. The molecule has 1 aliphatic heterocycles. The molecule has 0 radical (unpaired) electrons. The molecule has 11 heteroatoms. The second-order valence-corrected chi connectivity index (χ2v) is 12.0. The van der Waals surface area contributed by atoms with Crippen LogP contribution in [0.2, 0.25) is 0 Å². The van der Waals surface area contributed by atoms with Gasteiger partial charge in [-0.1, -0.05) is 42.5 Å². The van der Waals surface area contributed by atoms with Crippen LogP contribution in [0.1, 0.15) is 17.0 Å². The third-order valence-corrected chi connectivity index (χ3v) is 9.73. The number of aromatic nitrogens is 1. The molecule has 0 fully saturated rings. The fourth-order valence-electron chi connectivity index (χ4n) is 4.69. The molecule has 210 valence electrons. The van der Waals surface area contributed by atoms with E-state index >= 15 is 0 Å². The number of hydrogen-bond donors (Lipinski definition) is 1. The lowest BCUT2D eigenvalue weighted by atomic mass is 9.89. The summed E-state index contributed by atoms with van der Waals surface area (Å²) in [4.78, 5) is 26.9. The van der Waals surface area contributed by atoms with Gasteiger partial charge in [-0.2, -0.15) is 0 Å². The van der Waals surface area contributed by atoms with E-state index in [0.717, 1.165) is 15.9 Å². The van der Waals surface area contributed by atoms with Crippen LogP contribution in [-0.4, -0.2) is 40.3 Å². The molecule has 4 aromatic rings. The summed E-state index contributed by atoms with van der Waals surface area (Å²) in [6, 6.07) is 21.4. The van der Waals surface area contributed by atoms with Gasteiger partial charge in [0.25, 0.3) is 5.56 Å². The van der Waals surface area contributed by atoms with E-state index in [1.807, 2.05) is 0 Å². The molecule has 41 heavy (non-hydrogen) atoms. The van der Waals surface area contributed by atoms with E-state index in [9.17, 15) is 18.0 Å². The minimum Gasteiger partial charge on any atom is -0.497 e. The lowest BCUT2D eigenvalue weighted by Gasteiger charge is -2.28. The number of sulfone groups is 1. The van der Waals surface area contributed by atoms with E-state index < -0.39 is 27.3 Å². The molecule has 9 nitrogen and oxygen atoms in total. The van der Waals surface area contributed by atoms with Crippen LogP contribution in [-0.2, 0) is 19.4 Å². The van der Waals surface area contributed by atoms with Crippen molar-refractivity contribution < 1.29 is 27.4 Å². The number of methoxy groups -OCH3 is 3. The number of allylic oxidation sites excluding steroid dienone is 1. The van der Waals surface area contributed by atoms with E-state index in [2.05, 4.69) is 0 Å². The summed E-state index contributed by atoms with van der Waals surface area (Å²) >= 11 is 1.03. The molecule has 0 bridgehead atoms. The molecular formula is C30H26N2O7S2. The van der Waals surface area contributed by atoms with Crippen LogP contribution in [0.15, 0.2) is 93.5 Å². The molecule has 1 unspecified atom stereocenters. The highest BCUT2D eigenvalue weighted by Gasteiger charge is 2.42. The maximum atomic E-state index is 14.2. The summed E-state index contributed by atoms with van der Waals surface area (Å²) in [6.07, 6.45) is 1.65. The first-order valence-electron chi connectivity index (χ1n) is 12.4. The van der Waals surface area contributed by atoms with Gasteiger partial charge in [0.05, 0.1) is 42.2 Å². The van der Waals surface area contributed by atoms with Gasteiger partial charge in [0, 0.05) is 0 Å². The molecule has 0 saturated carbocycles. The summed E-state index contributed by atoms with van der Waals surface area (Å²) < 4.78 is 45.5. The van der Waals surface area contributed by atoms with E-state index in [0.29, 0.717) is 22.6 Å². The monoisotopic (exact) mass is 590 g/mol. The van der Waals surface area contributed by atoms with Crippen molar-refractivity contribution in [2.75, 3.05) is 21.3 Å². The van der Waals surface area contributed by atoms with Gasteiger partial charge >= 0.3 is 5.97 Å². The van der Waals surface area contributed by atoms with Crippen LogP contribution in [0, 0.1) is 0 Å². The van der Waals surface area contributed by atoms with Gasteiger partial charge in [0.15, 0.2) is 0 Å². The lowest BCUT2D eigenvalue weighted by Crippen LogP contribution is -2.41. The molecule has 0 saturated heterocycles. The Morgan fingerprint density at radius 1 is 0.902 bits per heavy atom. The molecule has 0 spiro atoms. The van der Waals surface area contributed by atoms with Crippen LogP contribution >= 0.6 is 11.3 Å². The van der Waals surface area contributed by atoms with Gasteiger partial charge in [-0.3, -0.25) is 9.36 Å². The summed E-state index contributed by atoms with van der Waals surface area (Å²) in [5, 5.41) is 0. The number of carbonyl (C=O) groups is 1. The topological polar surface area (TPSA) is 127 Å². The zero-order valence-corrected chi connectivity index (χ0v) is 24.0. The van der Waals surface area contributed by atoms with Crippen LogP contribution in [0.25, 0.3) is 17.5 Å². The molecule has 2 heterocycles. The van der Waals surface area contributed by atoms with E-state index in [1.54, 1.807) is 79.9 Å². The van der Waals surface area contributed by atoms with Crippen LogP contribution in [0.3, 0.4) is 0 Å². The quantitative estimate of drug-likeness (QED) is 0.325. The Labute approximate surface area is 240 Å².